The van der Waals surface area contributed by atoms with Gasteiger partial charge in [-0.3, -0.25) is 9.59 Å². The molecule has 0 aliphatic heterocycles. The number of nitrogens with zero attached hydrogens (tertiary/aromatic N) is 1. The lowest BCUT2D eigenvalue weighted by Crippen LogP contribution is -2.45. The molecule has 0 aliphatic rings. The van der Waals surface area contributed by atoms with Crippen LogP contribution in [-0.2, 0) is 4.79 Å². The van der Waals surface area contributed by atoms with E-state index in [1.54, 1.807) is 6.92 Å². The van der Waals surface area contributed by atoms with Crippen molar-refractivity contribution in [2.75, 3.05) is 6.61 Å². The average molecular weight is 255 g/mol. The molecule has 0 radical (unpaired) electrons. The van der Waals surface area contributed by atoms with Gasteiger partial charge in [0.05, 0.1) is 12.3 Å². The van der Waals surface area contributed by atoms with Crippen molar-refractivity contribution < 1.29 is 19.8 Å². The largest absolute Gasteiger partial charge is 0.480 e. The lowest BCUT2D eigenvalue weighted by Gasteiger charge is -2.12. The molecule has 0 unspecified atom stereocenters. The van der Waals surface area contributed by atoms with Gasteiger partial charge in [-0.15, -0.1) is 0 Å². The van der Waals surface area contributed by atoms with Gasteiger partial charge in [0.2, 0.25) is 0 Å². The number of amides is 1. The van der Waals surface area contributed by atoms with Crippen LogP contribution in [0.3, 0.4) is 0 Å². The molecule has 0 bridgehead atoms. The Morgan fingerprint density at radius 1 is 1.44 bits per heavy atom. The first-order chi connectivity index (χ1) is 8.38. The standard InChI is InChI=1S/C10H13N3O5/c1-4-5(2)12-13-9(16)7(4)8(15)11-6(3-14)10(17)18/h6,14H,3H2,1-2H3,(H,11,15)(H,13,16)(H,17,18)/t6-/m1/s1. The molecule has 1 aromatic heterocycles. The molecule has 4 N–H and O–H groups in total. The van der Waals surface area contributed by atoms with Crippen molar-refractivity contribution in [1.82, 2.24) is 15.5 Å². The lowest BCUT2D eigenvalue weighted by atomic mass is 10.1. The number of carboxylic acids is 1. The minimum atomic E-state index is -1.45. The third kappa shape index (κ3) is 2.72. The molecule has 0 aliphatic carbocycles. The van der Waals surface area contributed by atoms with Crippen LogP contribution >= 0.6 is 0 Å². The van der Waals surface area contributed by atoms with E-state index in [0.29, 0.717) is 11.3 Å². The maximum atomic E-state index is 11.8. The Morgan fingerprint density at radius 2 is 2.06 bits per heavy atom. The van der Waals surface area contributed by atoms with Gasteiger partial charge in [-0.25, -0.2) is 9.89 Å². The van der Waals surface area contributed by atoms with Crippen LogP contribution in [0.5, 0.6) is 0 Å². The minimum absolute atomic E-state index is 0.206. The number of hydrogen-bond acceptors (Lipinski definition) is 5. The molecule has 8 nitrogen and oxygen atoms in total. The molecule has 0 saturated carbocycles. The fourth-order valence-corrected chi connectivity index (χ4v) is 1.31. The number of nitrogens with one attached hydrogen (secondary N) is 2. The zero-order valence-corrected chi connectivity index (χ0v) is 9.85. The van der Waals surface area contributed by atoms with Crippen LogP contribution in [0.4, 0.5) is 0 Å². The molecule has 8 heteroatoms. The first-order valence-electron chi connectivity index (χ1n) is 5.09. The van der Waals surface area contributed by atoms with Crippen LogP contribution in [0.2, 0.25) is 0 Å². The van der Waals surface area contributed by atoms with Crippen molar-refractivity contribution in [3.63, 3.8) is 0 Å². The van der Waals surface area contributed by atoms with Gasteiger partial charge in [0.15, 0.2) is 6.04 Å². The molecule has 1 amide bonds. The van der Waals surface area contributed by atoms with E-state index in [2.05, 4.69) is 15.5 Å². The molecule has 18 heavy (non-hydrogen) atoms. The predicted octanol–water partition coefficient (Wildman–Crippen LogP) is -1.44. The van der Waals surface area contributed by atoms with Crippen molar-refractivity contribution >= 4 is 11.9 Å². The van der Waals surface area contributed by atoms with Crippen LogP contribution in [0.15, 0.2) is 4.79 Å². The summed E-state index contributed by atoms with van der Waals surface area (Å²) < 4.78 is 0. The summed E-state index contributed by atoms with van der Waals surface area (Å²) in [4.78, 5) is 33.9. The van der Waals surface area contributed by atoms with E-state index in [4.69, 9.17) is 10.2 Å². The predicted molar refractivity (Wildman–Crippen MR) is 60.3 cm³/mol. The number of carbonyl (C=O) groups is 2. The molecule has 0 saturated heterocycles. The highest BCUT2D eigenvalue weighted by atomic mass is 16.4. The van der Waals surface area contributed by atoms with Crippen molar-refractivity contribution in [1.29, 1.82) is 0 Å². The maximum absolute atomic E-state index is 11.8. The van der Waals surface area contributed by atoms with Gasteiger partial charge < -0.3 is 15.5 Å². The zero-order chi connectivity index (χ0) is 13.9. The third-order valence-electron chi connectivity index (χ3n) is 2.48. The Hall–Kier alpha value is -2.22. The van der Waals surface area contributed by atoms with Gasteiger partial charge in [0, 0.05) is 0 Å². The normalized spacial score (nSPS) is 11.9. The molecule has 1 heterocycles. The van der Waals surface area contributed by atoms with Crippen molar-refractivity contribution in [2.45, 2.75) is 19.9 Å². The van der Waals surface area contributed by atoms with E-state index >= 15 is 0 Å². The van der Waals surface area contributed by atoms with E-state index < -0.39 is 30.1 Å². The van der Waals surface area contributed by atoms with Gasteiger partial charge in [-0.05, 0) is 19.4 Å². The number of rotatable bonds is 4. The summed E-state index contributed by atoms with van der Waals surface area (Å²) in [5.41, 5.74) is -0.103. The number of aliphatic carboxylic acids is 1. The van der Waals surface area contributed by atoms with Crippen molar-refractivity contribution in [2.24, 2.45) is 0 Å². The number of H-pyrrole nitrogens is 1. The summed E-state index contributed by atoms with van der Waals surface area (Å²) >= 11 is 0. The molecular weight excluding hydrogens is 242 g/mol. The number of aliphatic hydroxyl groups excluding tert-OH is 1. The highest BCUT2D eigenvalue weighted by Gasteiger charge is 2.23. The smallest absolute Gasteiger partial charge is 0.328 e. The fourth-order valence-electron chi connectivity index (χ4n) is 1.31. The highest BCUT2D eigenvalue weighted by Crippen LogP contribution is 2.05. The first-order valence-corrected chi connectivity index (χ1v) is 5.09. The Bertz CT molecular complexity index is 537. The van der Waals surface area contributed by atoms with Gasteiger partial charge >= 0.3 is 5.97 Å². The fraction of sp³-hybridized carbons (Fsp3) is 0.400. The van der Waals surface area contributed by atoms with E-state index in [9.17, 15) is 14.4 Å². The van der Waals surface area contributed by atoms with Crippen LogP contribution in [0, 0.1) is 13.8 Å². The molecule has 1 rings (SSSR count). The second-order valence-electron chi connectivity index (χ2n) is 3.69. The van der Waals surface area contributed by atoms with Crippen LogP contribution in [0.1, 0.15) is 21.6 Å². The highest BCUT2D eigenvalue weighted by molar-refractivity contribution is 5.97. The van der Waals surface area contributed by atoms with E-state index in [1.807, 2.05) is 0 Å². The lowest BCUT2D eigenvalue weighted by molar-refractivity contribution is -0.140. The van der Waals surface area contributed by atoms with Gasteiger partial charge in [0.1, 0.15) is 5.56 Å². The summed E-state index contributed by atoms with van der Waals surface area (Å²) in [6, 6.07) is -1.45. The van der Waals surface area contributed by atoms with Crippen LogP contribution in [0.25, 0.3) is 0 Å². The second kappa shape index (κ2) is 5.41. The quantitative estimate of drug-likeness (QED) is 0.521. The monoisotopic (exact) mass is 255 g/mol. The summed E-state index contributed by atoms with van der Waals surface area (Å²) in [5, 5.41) is 25.3. The van der Waals surface area contributed by atoms with Gasteiger partial charge in [-0.2, -0.15) is 5.10 Å². The number of aryl methyl sites for hydroxylation is 1. The molecule has 0 fully saturated rings. The van der Waals surface area contributed by atoms with Gasteiger partial charge in [0.25, 0.3) is 11.5 Å². The van der Waals surface area contributed by atoms with E-state index in [1.165, 1.54) is 6.92 Å². The Kier molecular flexibility index (Phi) is 4.16. The number of aliphatic hydroxyl groups is 1. The topological polar surface area (TPSA) is 132 Å². The molecule has 0 aromatic carbocycles. The molecule has 1 aromatic rings. The Morgan fingerprint density at radius 3 is 2.56 bits per heavy atom. The van der Waals surface area contributed by atoms with Gasteiger partial charge in [-0.1, -0.05) is 0 Å². The molecular formula is C10H13N3O5. The van der Waals surface area contributed by atoms with Crippen LogP contribution in [-0.4, -0.2) is 44.9 Å². The molecule has 0 spiro atoms. The average Bonchev–Trinajstić information content (AvgIpc) is 2.31. The summed E-state index contributed by atoms with van der Waals surface area (Å²) in [6.07, 6.45) is 0. The van der Waals surface area contributed by atoms with E-state index in [0.717, 1.165) is 0 Å². The SMILES string of the molecule is Cc1n[nH]c(=O)c(C(=O)N[C@H](CO)C(=O)O)c1C. The number of carbonyl (C=O) groups excluding carboxylic acids is 1. The van der Waals surface area contributed by atoms with E-state index in [-0.39, 0.29) is 5.56 Å². The zero-order valence-electron chi connectivity index (χ0n) is 9.85. The maximum Gasteiger partial charge on any atom is 0.328 e. The number of aromatic nitrogens is 2. The Labute approximate surface area is 102 Å². The number of hydrogen-bond donors (Lipinski definition) is 4. The van der Waals surface area contributed by atoms with Crippen molar-refractivity contribution in [3.8, 4) is 0 Å². The van der Waals surface area contributed by atoms with Crippen LogP contribution < -0.4 is 10.9 Å². The number of aromatic amines is 1. The Balaban J connectivity index is 3.09. The summed E-state index contributed by atoms with van der Waals surface area (Å²) in [6.45, 7) is 2.37. The first kappa shape index (κ1) is 13.8. The third-order valence-corrected chi connectivity index (χ3v) is 2.48. The molecule has 98 valence electrons. The van der Waals surface area contributed by atoms with Crippen molar-refractivity contribution in [3.05, 3.63) is 27.2 Å². The minimum Gasteiger partial charge on any atom is -0.480 e. The summed E-state index contributed by atoms with van der Waals surface area (Å²) in [5.74, 6) is -2.24. The number of carboxylic acid groups (broad SMARTS) is 1. The second-order valence-corrected chi connectivity index (χ2v) is 3.69. The summed E-state index contributed by atoms with van der Waals surface area (Å²) in [7, 11) is 0. The molecule has 1 atom stereocenters.